The molecular formula is C10H12O3. The number of carbonyl (C=O) groups is 1. The van der Waals surface area contributed by atoms with Crippen LogP contribution in [-0.2, 0) is 4.79 Å². The summed E-state index contributed by atoms with van der Waals surface area (Å²) < 4.78 is 5.15. The third-order valence-corrected chi connectivity index (χ3v) is 1.63. The topological polar surface area (TPSA) is 46.5 Å². The van der Waals surface area contributed by atoms with Gasteiger partial charge in [-0.1, -0.05) is 6.92 Å². The number of hydrogen-bond acceptors (Lipinski definition) is 3. The van der Waals surface area contributed by atoms with E-state index < -0.39 is 0 Å². The van der Waals surface area contributed by atoms with E-state index in [1.807, 2.05) is 0 Å². The fourth-order valence-corrected chi connectivity index (χ4v) is 0.808. The van der Waals surface area contributed by atoms with E-state index in [2.05, 4.69) is 0 Å². The second-order valence-electron chi connectivity index (χ2n) is 2.67. The standard InChI is InChI=1S/C10H12O3/c1-2-8(11)7-13-10-5-3-9(12)4-6-10/h3-6,12H,2,7H2,1H3. The monoisotopic (exact) mass is 180 g/mol. The number of Topliss-reactive ketones (excluding diaryl/α,β-unsaturated/α-hetero) is 1. The maximum Gasteiger partial charge on any atom is 0.169 e. The smallest absolute Gasteiger partial charge is 0.169 e. The Hall–Kier alpha value is -1.51. The summed E-state index contributed by atoms with van der Waals surface area (Å²) in [6.45, 7) is 1.89. The molecule has 0 amide bonds. The van der Waals surface area contributed by atoms with Crippen molar-refractivity contribution in [3.8, 4) is 11.5 Å². The molecule has 1 N–H and O–H groups in total. The van der Waals surface area contributed by atoms with Gasteiger partial charge in [0, 0.05) is 6.42 Å². The first-order valence-corrected chi connectivity index (χ1v) is 4.16. The van der Waals surface area contributed by atoms with Gasteiger partial charge in [-0.3, -0.25) is 4.79 Å². The molecule has 70 valence electrons. The molecule has 0 heterocycles. The van der Waals surface area contributed by atoms with Crippen LogP contribution in [0.15, 0.2) is 24.3 Å². The molecule has 0 atom stereocenters. The van der Waals surface area contributed by atoms with Crippen LogP contribution in [0.2, 0.25) is 0 Å². The molecule has 0 unspecified atom stereocenters. The Kier molecular flexibility index (Phi) is 3.31. The molecular weight excluding hydrogens is 168 g/mol. The van der Waals surface area contributed by atoms with Gasteiger partial charge in [0.05, 0.1) is 0 Å². The molecule has 0 aliphatic rings. The molecule has 0 radical (unpaired) electrons. The van der Waals surface area contributed by atoms with Gasteiger partial charge in [-0.15, -0.1) is 0 Å². The van der Waals surface area contributed by atoms with Crippen molar-refractivity contribution < 1.29 is 14.6 Å². The van der Waals surface area contributed by atoms with Gasteiger partial charge >= 0.3 is 0 Å². The minimum Gasteiger partial charge on any atom is -0.508 e. The van der Waals surface area contributed by atoms with Crippen molar-refractivity contribution in [1.82, 2.24) is 0 Å². The molecule has 0 saturated carbocycles. The summed E-state index contributed by atoms with van der Waals surface area (Å²) in [4.78, 5) is 10.9. The lowest BCUT2D eigenvalue weighted by Crippen LogP contribution is -2.09. The van der Waals surface area contributed by atoms with Gasteiger partial charge in [0.1, 0.15) is 18.1 Å². The highest BCUT2D eigenvalue weighted by atomic mass is 16.5. The summed E-state index contributed by atoms with van der Waals surface area (Å²) in [5.74, 6) is 0.849. The highest BCUT2D eigenvalue weighted by Crippen LogP contribution is 2.15. The number of ether oxygens (including phenoxy) is 1. The van der Waals surface area contributed by atoms with Crippen LogP contribution in [0.1, 0.15) is 13.3 Å². The largest absolute Gasteiger partial charge is 0.508 e. The zero-order chi connectivity index (χ0) is 9.68. The van der Waals surface area contributed by atoms with Crippen molar-refractivity contribution in [2.24, 2.45) is 0 Å². The first-order valence-electron chi connectivity index (χ1n) is 4.16. The molecule has 0 fully saturated rings. The van der Waals surface area contributed by atoms with E-state index in [1.54, 1.807) is 19.1 Å². The zero-order valence-electron chi connectivity index (χ0n) is 7.49. The fraction of sp³-hybridized carbons (Fsp3) is 0.300. The molecule has 1 rings (SSSR count). The van der Waals surface area contributed by atoms with E-state index in [1.165, 1.54) is 12.1 Å². The molecule has 1 aromatic rings. The number of aromatic hydroxyl groups is 1. The molecule has 3 nitrogen and oxygen atoms in total. The lowest BCUT2D eigenvalue weighted by Gasteiger charge is -2.03. The van der Waals surface area contributed by atoms with Crippen molar-refractivity contribution in [3.05, 3.63) is 24.3 Å². The van der Waals surface area contributed by atoms with Crippen molar-refractivity contribution in [2.75, 3.05) is 6.61 Å². The third kappa shape index (κ3) is 3.15. The number of carbonyl (C=O) groups excluding carboxylic acids is 1. The average Bonchev–Trinajstić information content (AvgIpc) is 2.16. The maximum absolute atomic E-state index is 10.9. The third-order valence-electron chi connectivity index (χ3n) is 1.63. The van der Waals surface area contributed by atoms with Gasteiger partial charge in [-0.2, -0.15) is 0 Å². The quantitative estimate of drug-likeness (QED) is 0.767. The van der Waals surface area contributed by atoms with Crippen LogP contribution >= 0.6 is 0 Å². The highest BCUT2D eigenvalue weighted by Gasteiger charge is 1.99. The van der Waals surface area contributed by atoms with Crippen LogP contribution < -0.4 is 4.74 Å². The molecule has 0 aromatic heterocycles. The van der Waals surface area contributed by atoms with Crippen molar-refractivity contribution >= 4 is 5.78 Å². The van der Waals surface area contributed by atoms with Gasteiger partial charge in [0.25, 0.3) is 0 Å². The Morgan fingerprint density at radius 1 is 1.38 bits per heavy atom. The Morgan fingerprint density at radius 3 is 2.54 bits per heavy atom. The summed E-state index contributed by atoms with van der Waals surface area (Å²) in [5.41, 5.74) is 0. The van der Waals surface area contributed by atoms with Gasteiger partial charge < -0.3 is 9.84 Å². The molecule has 13 heavy (non-hydrogen) atoms. The highest BCUT2D eigenvalue weighted by molar-refractivity contribution is 5.79. The zero-order valence-corrected chi connectivity index (χ0v) is 7.49. The van der Waals surface area contributed by atoms with E-state index in [-0.39, 0.29) is 18.1 Å². The molecule has 0 saturated heterocycles. The minimum atomic E-state index is 0.0630. The number of ketones is 1. The van der Waals surface area contributed by atoms with E-state index in [9.17, 15) is 4.79 Å². The lowest BCUT2D eigenvalue weighted by molar-refractivity contribution is -0.120. The van der Waals surface area contributed by atoms with Gasteiger partial charge in [-0.25, -0.2) is 0 Å². The second-order valence-corrected chi connectivity index (χ2v) is 2.67. The summed E-state index contributed by atoms with van der Waals surface area (Å²) in [7, 11) is 0. The SMILES string of the molecule is CCC(=O)COc1ccc(O)cc1. The number of rotatable bonds is 4. The van der Waals surface area contributed by atoms with E-state index in [0.717, 1.165) is 0 Å². The number of hydrogen-bond donors (Lipinski definition) is 1. The predicted molar refractivity (Wildman–Crippen MR) is 48.9 cm³/mol. The average molecular weight is 180 g/mol. The second kappa shape index (κ2) is 4.50. The summed E-state index contributed by atoms with van der Waals surface area (Å²) >= 11 is 0. The normalized spacial score (nSPS) is 9.62. The Bertz CT molecular complexity index is 277. The Balaban J connectivity index is 2.46. The number of phenols is 1. The summed E-state index contributed by atoms with van der Waals surface area (Å²) in [6, 6.07) is 6.29. The fourth-order valence-electron chi connectivity index (χ4n) is 0.808. The lowest BCUT2D eigenvalue weighted by atomic mass is 10.3. The van der Waals surface area contributed by atoms with Crippen molar-refractivity contribution in [2.45, 2.75) is 13.3 Å². The minimum absolute atomic E-state index is 0.0630. The first-order chi connectivity index (χ1) is 6.22. The van der Waals surface area contributed by atoms with Crippen LogP contribution in [0.4, 0.5) is 0 Å². The number of benzene rings is 1. The van der Waals surface area contributed by atoms with E-state index >= 15 is 0 Å². The molecule has 0 aliphatic carbocycles. The van der Waals surface area contributed by atoms with Crippen molar-refractivity contribution in [3.63, 3.8) is 0 Å². The Morgan fingerprint density at radius 2 is 2.00 bits per heavy atom. The van der Waals surface area contributed by atoms with Crippen LogP contribution in [0.3, 0.4) is 0 Å². The summed E-state index contributed by atoms with van der Waals surface area (Å²) in [6.07, 6.45) is 0.484. The van der Waals surface area contributed by atoms with E-state index in [4.69, 9.17) is 9.84 Å². The van der Waals surface area contributed by atoms with Gasteiger partial charge in [0.15, 0.2) is 5.78 Å². The molecule has 0 spiro atoms. The molecule has 1 aromatic carbocycles. The van der Waals surface area contributed by atoms with Crippen molar-refractivity contribution in [1.29, 1.82) is 0 Å². The van der Waals surface area contributed by atoms with Crippen LogP contribution in [0, 0.1) is 0 Å². The first kappa shape index (κ1) is 9.58. The van der Waals surface area contributed by atoms with Gasteiger partial charge in [-0.05, 0) is 24.3 Å². The maximum atomic E-state index is 10.9. The van der Waals surface area contributed by atoms with Crippen LogP contribution in [-0.4, -0.2) is 17.5 Å². The van der Waals surface area contributed by atoms with Gasteiger partial charge in [0.2, 0.25) is 0 Å². The van der Waals surface area contributed by atoms with Crippen LogP contribution in [0.25, 0.3) is 0 Å². The van der Waals surface area contributed by atoms with Crippen LogP contribution in [0.5, 0.6) is 11.5 Å². The Labute approximate surface area is 77.0 Å². The predicted octanol–water partition coefficient (Wildman–Crippen LogP) is 1.75. The molecule has 0 bridgehead atoms. The number of phenolic OH excluding ortho intramolecular Hbond substituents is 1. The summed E-state index contributed by atoms with van der Waals surface area (Å²) in [5, 5.41) is 8.96. The molecule has 3 heteroatoms. The van der Waals surface area contributed by atoms with E-state index in [0.29, 0.717) is 12.2 Å². The molecule has 0 aliphatic heterocycles.